The lowest BCUT2D eigenvalue weighted by Gasteiger charge is -2.33. The molecule has 1 aromatic rings. The van der Waals surface area contributed by atoms with Crippen LogP contribution in [-0.4, -0.2) is 63.8 Å². The molecule has 3 fully saturated rings. The van der Waals surface area contributed by atoms with Gasteiger partial charge in [-0.1, -0.05) is 19.3 Å². The van der Waals surface area contributed by atoms with Crippen molar-refractivity contribution in [3.8, 4) is 0 Å². The van der Waals surface area contributed by atoms with E-state index in [1.807, 2.05) is 0 Å². The summed E-state index contributed by atoms with van der Waals surface area (Å²) in [5.74, 6) is 0. The molecular formula is C19H28N2O5S2. The van der Waals surface area contributed by atoms with Crippen molar-refractivity contribution in [1.82, 2.24) is 8.61 Å². The SMILES string of the molecule is O=S(=O)(c1ccc(S(=O)(=O)N(C2CCCCC2)C2CC2)cc1)N1CCOCC1. The average Bonchev–Trinajstić information content (AvgIpc) is 3.54. The molecule has 1 aliphatic heterocycles. The molecule has 1 saturated heterocycles. The van der Waals surface area contributed by atoms with Crippen molar-refractivity contribution in [2.24, 2.45) is 0 Å². The van der Waals surface area contributed by atoms with Crippen LogP contribution in [0.5, 0.6) is 0 Å². The van der Waals surface area contributed by atoms with Crippen LogP contribution in [0.1, 0.15) is 44.9 Å². The molecule has 7 nitrogen and oxygen atoms in total. The molecule has 28 heavy (non-hydrogen) atoms. The van der Waals surface area contributed by atoms with Crippen molar-refractivity contribution in [2.45, 2.75) is 66.8 Å². The Morgan fingerprint density at radius 1 is 0.786 bits per heavy atom. The van der Waals surface area contributed by atoms with Crippen LogP contribution in [0.2, 0.25) is 0 Å². The molecule has 0 unspecified atom stereocenters. The van der Waals surface area contributed by atoms with E-state index >= 15 is 0 Å². The molecular weight excluding hydrogens is 400 g/mol. The summed E-state index contributed by atoms with van der Waals surface area (Å²) in [7, 11) is -7.24. The highest BCUT2D eigenvalue weighted by Gasteiger charge is 2.42. The van der Waals surface area contributed by atoms with Crippen molar-refractivity contribution in [2.75, 3.05) is 26.3 Å². The van der Waals surface area contributed by atoms with Gasteiger partial charge >= 0.3 is 0 Å². The second kappa shape index (κ2) is 8.02. The second-order valence-corrected chi connectivity index (χ2v) is 11.6. The molecule has 2 aliphatic carbocycles. The normalized spacial score (nSPS) is 23.2. The first-order valence-electron chi connectivity index (χ1n) is 10.1. The van der Waals surface area contributed by atoms with E-state index in [0.717, 1.165) is 38.5 Å². The standard InChI is InChI=1S/C19H28N2O5S2/c22-27(23,20-12-14-26-15-13-20)18-8-10-19(11-9-18)28(24,25)21(17-6-7-17)16-4-2-1-3-5-16/h8-11,16-17H,1-7,12-15H2. The third kappa shape index (κ3) is 4.00. The Bertz CT molecular complexity index is 883. The molecule has 9 heteroatoms. The molecule has 0 radical (unpaired) electrons. The molecule has 0 atom stereocenters. The third-order valence-electron chi connectivity index (χ3n) is 5.85. The lowest BCUT2D eigenvalue weighted by atomic mass is 9.95. The van der Waals surface area contributed by atoms with Crippen LogP contribution >= 0.6 is 0 Å². The summed E-state index contributed by atoms with van der Waals surface area (Å²) >= 11 is 0. The van der Waals surface area contributed by atoms with Crippen molar-refractivity contribution in [1.29, 1.82) is 0 Å². The Morgan fingerprint density at radius 2 is 1.32 bits per heavy atom. The highest BCUT2D eigenvalue weighted by Crippen LogP contribution is 2.38. The van der Waals surface area contributed by atoms with Gasteiger partial charge in [0.1, 0.15) is 0 Å². The smallest absolute Gasteiger partial charge is 0.243 e. The van der Waals surface area contributed by atoms with Gasteiger partial charge in [-0.15, -0.1) is 0 Å². The van der Waals surface area contributed by atoms with E-state index in [2.05, 4.69) is 0 Å². The summed E-state index contributed by atoms with van der Waals surface area (Å²) in [6.07, 6.45) is 6.97. The fourth-order valence-corrected chi connectivity index (χ4v) is 7.53. The highest BCUT2D eigenvalue weighted by molar-refractivity contribution is 7.89. The lowest BCUT2D eigenvalue weighted by molar-refractivity contribution is 0.0730. The molecule has 0 aromatic heterocycles. The van der Waals surface area contributed by atoms with Crippen LogP contribution in [0.15, 0.2) is 34.1 Å². The van der Waals surface area contributed by atoms with Gasteiger partial charge in [0.05, 0.1) is 23.0 Å². The number of ether oxygens (including phenoxy) is 1. The molecule has 2 saturated carbocycles. The number of nitrogens with zero attached hydrogens (tertiary/aromatic N) is 2. The summed E-state index contributed by atoms with van der Waals surface area (Å²) < 4.78 is 60.5. The van der Waals surface area contributed by atoms with Crippen LogP contribution in [0.3, 0.4) is 0 Å². The summed E-state index contributed by atoms with van der Waals surface area (Å²) in [5.41, 5.74) is 0. The topological polar surface area (TPSA) is 84.0 Å². The monoisotopic (exact) mass is 428 g/mol. The van der Waals surface area contributed by atoms with Crippen LogP contribution < -0.4 is 0 Å². The van der Waals surface area contributed by atoms with Gasteiger partial charge in [-0.25, -0.2) is 16.8 Å². The summed E-state index contributed by atoms with van der Waals surface area (Å²) in [4.78, 5) is 0.315. The molecule has 0 bridgehead atoms. The summed E-state index contributed by atoms with van der Waals surface area (Å²) in [6, 6.07) is 5.91. The van der Waals surface area contributed by atoms with Crippen LogP contribution in [0.4, 0.5) is 0 Å². The molecule has 3 aliphatic rings. The number of morpholine rings is 1. The fraction of sp³-hybridized carbons (Fsp3) is 0.684. The van der Waals surface area contributed by atoms with Crippen molar-refractivity contribution in [3.05, 3.63) is 24.3 Å². The largest absolute Gasteiger partial charge is 0.379 e. The van der Waals surface area contributed by atoms with E-state index in [1.165, 1.54) is 35.0 Å². The Labute approximate surface area is 167 Å². The van der Waals surface area contributed by atoms with Gasteiger partial charge in [-0.3, -0.25) is 0 Å². The average molecular weight is 429 g/mol. The number of rotatable bonds is 6. The summed E-state index contributed by atoms with van der Waals surface area (Å²) in [5, 5.41) is 0. The van der Waals surface area contributed by atoms with Gasteiger partial charge in [0, 0.05) is 25.2 Å². The zero-order valence-corrected chi connectivity index (χ0v) is 17.6. The van der Waals surface area contributed by atoms with Crippen molar-refractivity contribution >= 4 is 20.0 Å². The van der Waals surface area contributed by atoms with E-state index in [4.69, 9.17) is 4.74 Å². The highest BCUT2D eigenvalue weighted by atomic mass is 32.2. The maximum absolute atomic E-state index is 13.3. The third-order valence-corrected chi connectivity index (χ3v) is 9.78. The Balaban J connectivity index is 1.58. The van der Waals surface area contributed by atoms with Gasteiger partial charge in [0.25, 0.3) is 0 Å². The molecule has 1 heterocycles. The van der Waals surface area contributed by atoms with Gasteiger partial charge in [-0.05, 0) is 49.9 Å². The zero-order chi connectivity index (χ0) is 19.8. The van der Waals surface area contributed by atoms with Gasteiger partial charge in [0.2, 0.25) is 20.0 Å². The van der Waals surface area contributed by atoms with Gasteiger partial charge < -0.3 is 4.74 Å². The summed E-state index contributed by atoms with van der Waals surface area (Å²) in [6.45, 7) is 1.39. The fourth-order valence-electron chi connectivity index (χ4n) is 4.20. The molecule has 0 spiro atoms. The van der Waals surface area contributed by atoms with E-state index in [0.29, 0.717) is 26.3 Å². The first-order valence-corrected chi connectivity index (χ1v) is 13.0. The Hall–Kier alpha value is -1.00. The molecule has 0 amide bonds. The minimum Gasteiger partial charge on any atom is -0.379 e. The van der Waals surface area contributed by atoms with Crippen LogP contribution in [0, 0.1) is 0 Å². The Kier molecular flexibility index (Phi) is 5.81. The number of benzene rings is 1. The minimum absolute atomic E-state index is 0.0722. The number of hydrogen-bond donors (Lipinski definition) is 0. The minimum atomic E-state index is -3.62. The van der Waals surface area contributed by atoms with Gasteiger partial charge in [0.15, 0.2) is 0 Å². The Morgan fingerprint density at radius 3 is 1.89 bits per heavy atom. The van der Waals surface area contributed by atoms with Crippen LogP contribution in [0.25, 0.3) is 0 Å². The molecule has 0 N–H and O–H groups in total. The van der Waals surface area contributed by atoms with E-state index in [9.17, 15) is 16.8 Å². The number of hydrogen-bond acceptors (Lipinski definition) is 5. The first kappa shape index (κ1) is 20.3. The molecule has 1 aromatic carbocycles. The van der Waals surface area contributed by atoms with E-state index in [1.54, 1.807) is 4.31 Å². The van der Waals surface area contributed by atoms with Gasteiger partial charge in [-0.2, -0.15) is 8.61 Å². The predicted molar refractivity (Wildman–Crippen MR) is 105 cm³/mol. The predicted octanol–water partition coefficient (Wildman–Crippen LogP) is 2.19. The number of sulfonamides is 2. The quantitative estimate of drug-likeness (QED) is 0.694. The van der Waals surface area contributed by atoms with E-state index in [-0.39, 0.29) is 21.9 Å². The maximum Gasteiger partial charge on any atom is 0.243 e. The lowest BCUT2D eigenvalue weighted by Crippen LogP contribution is -2.43. The second-order valence-electron chi connectivity index (χ2n) is 7.85. The zero-order valence-electron chi connectivity index (χ0n) is 16.0. The molecule has 4 rings (SSSR count). The maximum atomic E-state index is 13.3. The molecule has 156 valence electrons. The van der Waals surface area contributed by atoms with Crippen molar-refractivity contribution < 1.29 is 21.6 Å². The van der Waals surface area contributed by atoms with Crippen molar-refractivity contribution in [3.63, 3.8) is 0 Å². The van der Waals surface area contributed by atoms with Crippen LogP contribution in [-0.2, 0) is 24.8 Å². The first-order chi connectivity index (χ1) is 13.4. The van der Waals surface area contributed by atoms with E-state index < -0.39 is 20.0 Å².